The molecule has 0 aromatic heterocycles. The van der Waals surface area contributed by atoms with Gasteiger partial charge in [0, 0.05) is 46.0 Å². The molecule has 0 saturated carbocycles. The Morgan fingerprint density at radius 1 is 0.226 bits per heavy atom. The zero-order valence-electron chi connectivity index (χ0n) is 35.1. The molecule has 0 N–H and O–H groups in total. The summed E-state index contributed by atoms with van der Waals surface area (Å²) in [6, 6.07) is 92.5. The molecule has 9 aromatic rings. The number of aryl methyl sites for hydroxylation is 2. The molecule has 2 heteroatoms. The van der Waals surface area contributed by atoms with E-state index < -0.39 is 0 Å². The molecule has 0 aliphatic carbocycles. The zero-order chi connectivity index (χ0) is 41.8. The first-order valence-corrected chi connectivity index (χ1v) is 21.9. The topological polar surface area (TPSA) is 6.48 Å². The van der Waals surface area contributed by atoms with Gasteiger partial charge in [0.25, 0.3) is 0 Å². The van der Waals surface area contributed by atoms with Gasteiger partial charge in [-0.05, 0) is 132 Å². The highest BCUT2D eigenvalue weighted by atomic mass is 15.2. The van der Waals surface area contributed by atoms with Crippen LogP contribution in [0.1, 0.15) is 58.1 Å². The van der Waals surface area contributed by atoms with Crippen LogP contribution in [0.4, 0.5) is 34.1 Å². The molecular formula is C60H52N2. The molecule has 0 saturated heterocycles. The van der Waals surface area contributed by atoms with Crippen LogP contribution < -0.4 is 9.80 Å². The molecule has 2 nitrogen and oxygen atoms in total. The summed E-state index contributed by atoms with van der Waals surface area (Å²) in [5.74, 6) is 0.565. The first-order chi connectivity index (χ1) is 30.8. The lowest BCUT2D eigenvalue weighted by atomic mass is 9.86. The molecule has 0 amide bonds. The third-order valence-electron chi connectivity index (χ3n) is 12.0. The Bertz CT molecular complexity index is 2520. The number of anilines is 6. The Balaban J connectivity index is 1.08. The van der Waals surface area contributed by atoms with Crippen molar-refractivity contribution in [3.05, 3.63) is 288 Å². The third-order valence-corrected chi connectivity index (χ3v) is 12.0. The Kier molecular flexibility index (Phi) is 12.8. The largest absolute Gasteiger partial charge is 0.311 e. The van der Waals surface area contributed by atoms with Crippen LogP contribution in [0.5, 0.6) is 0 Å². The van der Waals surface area contributed by atoms with Crippen molar-refractivity contribution in [1.29, 1.82) is 0 Å². The van der Waals surface area contributed by atoms with Crippen molar-refractivity contribution in [2.24, 2.45) is 0 Å². The first-order valence-electron chi connectivity index (χ1n) is 21.9. The predicted molar refractivity (Wildman–Crippen MR) is 262 cm³/mol. The van der Waals surface area contributed by atoms with Crippen LogP contribution in [-0.2, 0) is 12.8 Å². The maximum absolute atomic E-state index is 2.40. The van der Waals surface area contributed by atoms with E-state index in [1.807, 2.05) is 0 Å². The number of rotatable bonds is 16. The average Bonchev–Trinajstić information content (AvgIpc) is 3.35. The molecule has 2 unspecified atom stereocenters. The molecule has 0 aliphatic rings. The minimum absolute atomic E-state index is 0.283. The minimum Gasteiger partial charge on any atom is -0.311 e. The molecule has 9 aromatic carbocycles. The maximum atomic E-state index is 2.40. The van der Waals surface area contributed by atoms with Gasteiger partial charge in [0.15, 0.2) is 0 Å². The summed E-state index contributed by atoms with van der Waals surface area (Å²) in [6.45, 7) is 0. The van der Waals surface area contributed by atoms with Gasteiger partial charge in [-0.1, -0.05) is 182 Å². The van der Waals surface area contributed by atoms with Gasteiger partial charge in [-0.25, -0.2) is 0 Å². The highest BCUT2D eigenvalue weighted by Gasteiger charge is 2.20. The molecule has 0 heterocycles. The molecule has 0 bridgehead atoms. The van der Waals surface area contributed by atoms with Crippen LogP contribution >= 0.6 is 0 Å². The van der Waals surface area contributed by atoms with Gasteiger partial charge >= 0.3 is 0 Å². The normalized spacial score (nSPS) is 12.0. The van der Waals surface area contributed by atoms with Crippen LogP contribution in [0.25, 0.3) is 0 Å². The second kappa shape index (κ2) is 19.8. The van der Waals surface area contributed by atoms with Crippen molar-refractivity contribution in [3.63, 3.8) is 0 Å². The van der Waals surface area contributed by atoms with Crippen molar-refractivity contribution in [2.75, 3.05) is 9.80 Å². The number of nitrogens with zero attached hydrogens (tertiary/aromatic N) is 2. The van der Waals surface area contributed by atoms with Crippen LogP contribution in [0.2, 0.25) is 0 Å². The summed E-state index contributed by atoms with van der Waals surface area (Å²) in [4.78, 5) is 4.71. The molecular weight excluding hydrogens is 749 g/mol. The van der Waals surface area contributed by atoms with Crippen molar-refractivity contribution in [1.82, 2.24) is 0 Å². The summed E-state index contributed by atoms with van der Waals surface area (Å²) in [5, 5.41) is 0. The van der Waals surface area contributed by atoms with Gasteiger partial charge in [0.2, 0.25) is 0 Å². The lowest BCUT2D eigenvalue weighted by Crippen LogP contribution is -2.12. The molecule has 0 fully saturated rings. The van der Waals surface area contributed by atoms with Crippen LogP contribution in [-0.4, -0.2) is 0 Å². The molecule has 62 heavy (non-hydrogen) atoms. The molecule has 302 valence electrons. The standard InChI is InChI=1S/C60H52N2/c1-7-19-47(20-8-1)31-45-59(49-23-11-3-12-24-49)51-33-37-55(38-34-51)62(58-43-41-57(42-44-58)61(53-27-15-5-16-28-53)54-29-17-6-18-30-54)56-39-35-52(36-40-56)60(50-25-13-4-14-26-50)46-32-48-21-9-2-10-22-48/h1-30,33-44,59-60H,31-32,45-46H2. The fraction of sp³-hybridized carbons (Fsp3) is 0.100. The SMILES string of the molecule is c1ccc(CCC(c2ccccc2)c2ccc(N(c3ccc(C(CCc4ccccc4)c4ccccc4)cc3)c3ccc(N(c4ccccc4)c4ccccc4)cc3)cc2)cc1. The Labute approximate surface area is 368 Å². The Morgan fingerprint density at radius 2 is 0.452 bits per heavy atom. The zero-order valence-corrected chi connectivity index (χ0v) is 35.1. The van der Waals surface area contributed by atoms with E-state index in [2.05, 4.69) is 265 Å². The fourth-order valence-corrected chi connectivity index (χ4v) is 8.84. The van der Waals surface area contributed by atoms with E-state index in [1.165, 1.54) is 33.4 Å². The Hall–Kier alpha value is -7.42. The van der Waals surface area contributed by atoms with Gasteiger partial charge < -0.3 is 9.80 Å². The van der Waals surface area contributed by atoms with Crippen molar-refractivity contribution in [3.8, 4) is 0 Å². The van der Waals surface area contributed by atoms with E-state index in [0.29, 0.717) is 0 Å². The summed E-state index contributed by atoms with van der Waals surface area (Å²) < 4.78 is 0. The summed E-state index contributed by atoms with van der Waals surface area (Å²) in [5.41, 5.74) is 14.8. The quantitative estimate of drug-likeness (QED) is 0.0960. The first kappa shape index (κ1) is 40.0. The number of benzene rings is 9. The van der Waals surface area contributed by atoms with E-state index in [9.17, 15) is 0 Å². The second-order valence-electron chi connectivity index (χ2n) is 16.0. The number of hydrogen-bond acceptors (Lipinski definition) is 2. The average molecular weight is 801 g/mol. The van der Waals surface area contributed by atoms with E-state index in [0.717, 1.165) is 59.8 Å². The highest BCUT2D eigenvalue weighted by Crippen LogP contribution is 2.41. The van der Waals surface area contributed by atoms with Gasteiger partial charge in [-0.2, -0.15) is 0 Å². The summed E-state index contributed by atoms with van der Waals surface area (Å²) in [7, 11) is 0. The maximum Gasteiger partial charge on any atom is 0.0463 e. The number of hydrogen-bond donors (Lipinski definition) is 0. The lowest BCUT2D eigenvalue weighted by molar-refractivity contribution is 0.715. The monoisotopic (exact) mass is 800 g/mol. The second-order valence-corrected chi connectivity index (χ2v) is 16.0. The molecule has 0 aliphatic heterocycles. The van der Waals surface area contributed by atoms with Gasteiger partial charge in [-0.15, -0.1) is 0 Å². The smallest absolute Gasteiger partial charge is 0.0463 e. The minimum atomic E-state index is 0.283. The summed E-state index contributed by atoms with van der Waals surface area (Å²) in [6.07, 6.45) is 4.11. The third kappa shape index (κ3) is 9.62. The predicted octanol–water partition coefficient (Wildman–Crippen LogP) is 16.2. The van der Waals surface area contributed by atoms with Gasteiger partial charge in [-0.3, -0.25) is 0 Å². The van der Waals surface area contributed by atoms with Gasteiger partial charge in [0.1, 0.15) is 0 Å². The fourth-order valence-electron chi connectivity index (χ4n) is 8.84. The molecule has 9 rings (SSSR count). The van der Waals surface area contributed by atoms with Crippen molar-refractivity contribution >= 4 is 34.1 Å². The van der Waals surface area contributed by atoms with Crippen molar-refractivity contribution < 1.29 is 0 Å². The lowest BCUT2D eigenvalue weighted by Gasteiger charge is -2.29. The van der Waals surface area contributed by atoms with Crippen LogP contribution in [0, 0.1) is 0 Å². The van der Waals surface area contributed by atoms with E-state index in [1.54, 1.807) is 0 Å². The van der Waals surface area contributed by atoms with Gasteiger partial charge in [0.05, 0.1) is 0 Å². The van der Waals surface area contributed by atoms with E-state index >= 15 is 0 Å². The highest BCUT2D eigenvalue weighted by molar-refractivity contribution is 5.81. The molecule has 2 atom stereocenters. The van der Waals surface area contributed by atoms with E-state index in [4.69, 9.17) is 0 Å². The molecule has 0 radical (unpaired) electrons. The van der Waals surface area contributed by atoms with E-state index in [-0.39, 0.29) is 11.8 Å². The van der Waals surface area contributed by atoms with Crippen LogP contribution in [0.15, 0.2) is 255 Å². The number of para-hydroxylation sites is 2. The van der Waals surface area contributed by atoms with Crippen molar-refractivity contribution in [2.45, 2.75) is 37.5 Å². The van der Waals surface area contributed by atoms with Crippen LogP contribution in [0.3, 0.4) is 0 Å². The summed E-state index contributed by atoms with van der Waals surface area (Å²) >= 11 is 0. The molecule has 0 spiro atoms. The Morgan fingerprint density at radius 3 is 0.758 bits per heavy atom.